The zero-order chi connectivity index (χ0) is 22.5. The van der Waals surface area contributed by atoms with Crippen molar-refractivity contribution in [2.75, 3.05) is 7.11 Å². The van der Waals surface area contributed by atoms with Crippen LogP contribution >= 0.6 is 0 Å². The van der Waals surface area contributed by atoms with Crippen LogP contribution in [-0.4, -0.2) is 39.6 Å². The van der Waals surface area contributed by atoms with Crippen molar-refractivity contribution in [3.05, 3.63) is 59.9 Å². The van der Waals surface area contributed by atoms with Crippen molar-refractivity contribution in [3.63, 3.8) is 0 Å². The molecule has 1 heterocycles. The van der Waals surface area contributed by atoms with E-state index in [0.717, 1.165) is 5.56 Å². The Balaban J connectivity index is 2.23. The predicted molar refractivity (Wildman–Crippen MR) is 117 cm³/mol. The van der Waals surface area contributed by atoms with Gasteiger partial charge in [0, 0.05) is 6.42 Å². The molecule has 0 saturated heterocycles. The number of esters is 2. The van der Waals surface area contributed by atoms with Gasteiger partial charge in [-0.3, -0.25) is 0 Å². The van der Waals surface area contributed by atoms with E-state index in [1.54, 1.807) is 6.08 Å². The third kappa shape index (κ3) is 5.61. The summed E-state index contributed by atoms with van der Waals surface area (Å²) in [7, 11) is -0.822. The SMILES string of the molecule is C=C[C@H](C[C@H]1OC(=O)C(OCc2ccccc2)=C1C(=O)OC)O[Si](C)(C)C(C)(C)C. The molecule has 1 aliphatic heterocycles. The quantitative estimate of drug-likeness (QED) is 0.325. The summed E-state index contributed by atoms with van der Waals surface area (Å²) in [6.45, 7) is 14.7. The normalized spacial score (nSPS) is 18.1. The van der Waals surface area contributed by atoms with Crippen LogP contribution in [0.15, 0.2) is 54.3 Å². The second kappa shape index (κ2) is 9.62. The standard InChI is InChI=1S/C23H32O6Si/c1-8-17(29-30(6,7)23(2,3)4)14-18-19(21(24)26-5)20(22(25)28-18)27-15-16-12-10-9-11-13-16/h8-13,17-18H,1,14-15H2,2-7H3/t17-,18-/m1/s1. The zero-order valence-electron chi connectivity index (χ0n) is 18.7. The van der Waals surface area contributed by atoms with Gasteiger partial charge in [-0.1, -0.05) is 57.2 Å². The average molecular weight is 433 g/mol. The molecule has 2 rings (SSSR count). The van der Waals surface area contributed by atoms with Crippen molar-refractivity contribution in [3.8, 4) is 0 Å². The topological polar surface area (TPSA) is 71.1 Å². The summed E-state index contributed by atoms with van der Waals surface area (Å²) in [5.74, 6) is -1.43. The minimum Gasteiger partial charge on any atom is -0.481 e. The highest BCUT2D eigenvalue weighted by molar-refractivity contribution is 6.74. The number of carbonyl (C=O) groups excluding carboxylic acids is 2. The smallest absolute Gasteiger partial charge is 0.374 e. The lowest BCUT2D eigenvalue weighted by Crippen LogP contribution is -2.44. The Morgan fingerprint density at radius 2 is 1.90 bits per heavy atom. The van der Waals surface area contributed by atoms with Gasteiger partial charge in [0.05, 0.1) is 13.2 Å². The van der Waals surface area contributed by atoms with Crippen LogP contribution in [-0.2, 0) is 34.8 Å². The minimum atomic E-state index is -2.09. The zero-order valence-corrected chi connectivity index (χ0v) is 19.7. The van der Waals surface area contributed by atoms with Crippen LogP contribution in [0.4, 0.5) is 0 Å². The van der Waals surface area contributed by atoms with Crippen LogP contribution in [0.3, 0.4) is 0 Å². The monoisotopic (exact) mass is 432 g/mol. The summed E-state index contributed by atoms with van der Waals surface area (Å²) in [6.07, 6.45) is 0.761. The third-order valence-electron chi connectivity index (χ3n) is 5.59. The second-order valence-electron chi connectivity index (χ2n) is 8.79. The van der Waals surface area contributed by atoms with Gasteiger partial charge in [0.2, 0.25) is 5.76 Å². The molecule has 0 fully saturated rings. The molecule has 0 unspecified atom stereocenters. The van der Waals surface area contributed by atoms with E-state index in [4.69, 9.17) is 18.6 Å². The maximum atomic E-state index is 12.5. The van der Waals surface area contributed by atoms with Gasteiger partial charge in [0.25, 0.3) is 0 Å². The van der Waals surface area contributed by atoms with Crippen LogP contribution < -0.4 is 0 Å². The molecule has 7 heteroatoms. The Morgan fingerprint density at radius 3 is 2.43 bits per heavy atom. The molecule has 0 saturated carbocycles. The summed E-state index contributed by atoms with van der Waals surface area (Å²) in [4.78, 5) is 24.9. The first kappa shape index (κ1) is 23.9. The number of hydrogen-bond acceptors (Lipinski definition) is 6. The van der Waals surface area contributed by atoms with Crippen LogP contribution in [0.25, 0.3) is 0 Å². The van der Waals surface area contributed by atoms with Crippen LogP contribution in [0.2, 0.25) is 18.1 Å². The lowest BCUT2D eigenvalue weighted by atomic mass is 10.0. The molecule has 1 aliphatic rings. The first-order valence-corrected chi connectivity index (χ1v) is 12.9. The first-order chi connectivity index (χ1) is 14.0. The van der Waals surface area contributed by atoms with Gasteiger partial charge in [0.1, 0.15) is 18.3 Å². The number of carbonyl (C=O) groups is 2. The molecular weight excluding hydrogens is 400 g/mol. The van der Waals surface area contributed by atoms with E-state index in [-0.39, 0.29) is 35.5 Å². The number of ether oxygens (including phenoxy) is 3. The highest BCUT2D eigenvalue weighted by Gasteiger charge is 2.44. The summed E-state index contributed by atoms with van der Waals surface area (Å²) in [6, 6.07) is 9.38. The lowest BCUT2D eigenvalue weighted by Gasteiger charge is -2.39. The average Bonchev–Trinajstić information content (AvgIpc) is 2.99. The minimum absolute atomic E-state index is 0.00554. The summed E-state index contributed by atoms with van der Waals surface area (Å²) in [5, 5.41) is 0.00554. The maximum absolute atomic E-state index is 12.5. The van der Waals surface area contributed by atoms with E-state index in [1.807, 2.05) is 30.3 Å². The maximum Gasteiger partial charge on any atom is 0.374 e. The number of hydrogen-bond donors (Lipinski definition) is 0. The molecular formula is C23H32O6Si. The van der Waals surface area contributed by atoms with Crippen molar-refractivity contribution >= 4 is 20.3 Å². The van der Waals surface area contributed by atoms with Gasteiger partial charge in [-0.05, 0) is 23.7 Å². The lowest BCUT2D eigenvalue weighted by molar-refractivity contribution is -0.144. The molecule has 0 bridgehead atoms. The van der Waals surface area contributed by atoms with Gasteiger partial charge in [-0.15, -0.1) is 6.58 Å². The van der Waals surface area contributed by atoms with Crippen LogP contribution in [0.5, 0.6) is 0 Å². The van der Waals surface area contributed by atoms with Crippen molar-refractivity contribution in [1.29, 1.82) is 0 Å². The molecule has 0 amide bonds. The number of benzene rings is 1. The molecule has 6 nitrogen and oxygen atoms in total. The largest absolute Gasteiger partial charge is 0.481 e. The predicted octanol–water partition coefficient (Wildman–Crippen LogP) is 4.52. The molecule has 0 aromatic heterocycles. The van der Waals surface area contributed by atoms with E-state index in [2.05, 4.69) is 40.4 Å². The first-order valence-electron chi connectivity index (χ1n) is 10.0. The molecule has 164 valence electrons. The van der Waals surface area contributed by atoms with Crippen molar-refractivity contribution in [2.24, 2.45) is 0 Å². The fraction of sp³-hybridized carbons (Fsp3) is 0.478. The third-order valence-corrected chi connectivity index (χ3v) is 10.1. The van der Waals surface area contributed by atoms with Gasteiger partial charge in [0.15, 0.2) is 8.32 Å². The van der Waals surface area contributed by atoms with Crippen molar-refractivity contribution in [2.45, 2.75) is 64.1 Å². The van der Waals surface area contributed by atoms with E-state index in [9.17, 15) is 9.59 Å². The summed E-state index contributed by atoms with van der Waals surface area (Å²) in [5.41, 5.74) is 0.958. The van der Waals surface area contributed by atoms with Gasteiger partial charge < -0.3 is 18.6 Å². The summed E-state index contributed by atoms with van der Waals surface area (Å²) >= 11 is 0. The molecule has 1 aromatic rings. The van der Waals surface area contributed by atoms with Gasteiger partial charge >= 0.3 is 11.9 Å². The second-order valence-corrected chi connectivity index (χ2v) is 13.5. The van der Waals surface area contributed by atoms with Gasteiger partial charge in [-0.2, -0.15) is 0 Å². The highest BCUT2D eigenvalue weighted by Crippen LogP contribution is 2.38. The summed E-state index contributed by atoms with van der Waals surface area (Å²) < 4.78 is 22.5. The van der Waals surface area contributed by atoms with Crippen molar-refractivity contribution in [1.82, 2.24) is 0 Å². The number of cyclic esters (lactones) is 1. The molecule has 0 spiro atoms. The molecule has 1 aromatic carbocycles. The Labute approximate surface area is 180 Å². The molecule has 2 atom stereocenters. The Hall–Kier alpha value is -2.38. The van der Waals surface area contributed by atoms with E-state index in [1.165, 1.54) is 7.11 Å². The van der Waals surface area contributed by atoms with Gasteiger partial charge in [-0.25, -0.2) is 9.59 Å². The van der Waals surface area contributed by atoms with E-state index in [0.29, 0.717) is 0 Å². The van der Waals surface area contributed by atoms with Crippen molar-refractivity contribution < 1.29 is 28.2 Å². The number of rotatable bonds is 9. The van der Waals surface area contributed by atoms with Crippen LogP contribution in [0.1, 0.15) is 32.8 Å². The van der Waals surface area contributed by atoms with E-state index >= 15 is 0 Å². The molecule has 0 radical (unpaired) electrons. The highest BCUT2D eigenvalue weighted by atomic mass is 28.4. The Kier molecular flexibility index (Phi) is 7.66. The van der Waals surface area contributed by atoms with E-state index < -0.39 is 26.4 Å². The Morgan fingerprint density at radius 1 is 1.27 bits per heavy atom. The molecule has 0 aliphatic carbocycles. The van der Waals surface area contributed by atoms with Crippen LogP contribution in [0, 0.1) is 0 Å². The Bertz CT molecular complexity index is 807. The number of methoxy groups -OCH3 is 1. The molecule has 0 N–H and O–H groups in total. The molecule has 30 heavy (non-hydrogen) atoms. The fourth-order valence-corrected chi connectivity index (χ4v) is 4.13. The fourth-order valence-electron chi connectivity index (χ4n) is 2.82.